The number of hydrogen-bond acceptors (Lipinski definition) is 4. The highest BCUT2D eigenvalue weighted by molar-refractivity contribution is 6.07. The van der Waals surface area contributed by atoms with Gasteiger partial charge in [-0.15, -0.1) is 0 Å². The van der Waals surface area contributed by atoms with Crippen molar-refractivity contribution in [1.29, 1.82) is 0 Å². The summed E-state index contributed by atoms with van der Waals surface area (Å²) < 4.78 is 0. The Morgan fingerprint density at radius 1 is 1.32 bits per heavy atom. The first kappa shape index (κ1) is 14.3. The maximum atomic E-state index is 12.4. The molecule has 0 unspecified atom stereocenters. The van der Waals surface area contributed by atoms with Gasteiger partial charge >= 0.3 is 5.97 Å². The van der Waals surface area contributed by atoms with Crippen molar-refractivity contribution in [3.63, 3.8) is 0 Å². The normalized spacial score (nSPS) is 15.3. The molecule has 6 nitrogen and oxygen atoms in total. The minimum atomic E-state index is -0.973. The summed E-state index contributed by atoms with van der Waals surface area (Å²) in [6.45, 7) is 1.53. The zero-order valence-corrected chi connectivity index (χ0v) is 12.2. The lowest BCUT2D eigenvalue weighted by atomic mass is 10.1. The maximum absolute atomic E-state index is 12.4. The van der Waals surface area contributed by atoms with Crippen LogP contribution in [0.4, 0.5) is 5.82 Å². The summed E-state index contributed by atoms with van der Waals surface area (Å²) in [7, 11) is 0. The molecule has 1 aliphatic rings. The molecule has 1 aromatic heterocycles. The van der Waals surface area contributed by atoms with Crippen LogP contribution >= 0.6 is 0 Å². The fraction of sp³-hybridized carbons (Fsp3) is 0.312. The van der Waals surface area contributed by atoms with Crippen molar-refractivity contribution < 1.29 is 14.7 Å². The van der Waals surface area contributed by atoms with Crippen molar-refractivity contribution in [2.75, 3.05) is 5.32 Å². The molecule has 2 aromatic rings. The third-order valence-electron chi connectivity index (χ3n) is 3.61. The van der Waals surface area contributed by atoms with Crippen molar-refractivity contribution in [3.8, 4) is 0 Å². The molecule has 6 heteroatoms. The highest BCUT2D eigenvalue weighted by Gasteiger charge is 2.25. The van der Waals surface area contributed by atoms with Crippen LogP contribution in [0.1, 0.15) is 30.1 Å². The fourth-order valence-electron chi connectivity index (χ4n) is 2.21. The van der Waals surface area contributed by atoms with Crippen molar-refractivity contribution in [2.24, 2.45) is 0 Å². The van der Waals surface area contributed by atoms with Gasteiger partial charge in [-0.3, -0.25) is 9.59 Å². The number of carboxylic acids is 1. The number of pyridine rings is 1. The molecule has 1 atom stereocenters. The van der Waals surface area contributed by atoms with Crippen LogP contribution in [0.25, 0.3) is 10.9 Å². The molecule has 0 radical (unpaired) electrons. The van der Waals surface area contributed by atoms with Crippen LogP contribution in [0, 0.1) is 0 Å². The number of rotatable bonds is 5. The molecule has 0 saturated heterocycles. The number of carbonyl (C=O) groups is 2. The molecule has 3 N–H and O–H groups in total. The number of aromatic nitrogens is 1. The highest BCUT2D eigenvalue weighted by atomic mass is 16.4. The predicted molar refractivity (Wildman–Crippen MR) is 83.0 cm³/mol. The monoisotopic (exact) mass is 299 g/mol. The van der Waals surface area contributed by atoms with Gasteiger partial charge in [0.25, 0.3) is 5.91 Å². The van der Waals surface area contributed by atoms with E-state index in [0.29, 0.717) is 16.9 Å². The summed E-state index contributed by atoms with van der Waals surface area (Å²) in [6.07, 6.45) is 2.02. The molecule has 3 rings (SSSR count). The summed E-state index contributed by atoms with van der Waals surface area (Å²) in [5.74, 6) is -0.736. The molecule has 0 spiro atoms. The van der Waals surface area contributed by atoms with Crippen LogP contribution in [-0.2, 0) is 4.79 Å². The third-order valence-corrected chi connectivity index (χ3v) is 3.61. The van der Waals surface area contributed by atoms with E-state index in [1.165, 1.54) is 6.92 Å². The molecule has 0 bridgehead atoms. The number of amides is 1. The minimum absolute atomic E-state index is 0.146. The van der Waals surface area contributed by atoms with E-state index < -0.39 is 12.0 Å². The number of carbonyl (C=O) groups excluding carboxylic acids is 1. The zero-order chi connectivity index (χ0) is 15.7. The van der Waals surface area contributed by atoms with Crippen molar-refractivity contribution in [2.45, 2.75) is 31.8 Å². The van der Waals surface area contributed by atoms with Crippen LogP contribution in [0.5, 0.6) is 0 Å². The standard InChI is InChI=1S/C16H17N3O3/c1-9(16(21)22)17-14-8-12(15(20)18-10-6-7-10)11-4-2-3-5-13(11)19-14/h2-5,8-10H,6-7H2,1H3,(H,17,19)(H,18,20)(H,21,22)/t9-/m1/s1. The molecule has 114 valence electrons. The van der Waals surface area contributed by atoms with Crippen molar-refractivity contribution in [1.82, 2.24) is 10.3 Å². The molecule has 1 saturated carbocycles. The molecule has 22 heavy (non-hydrogen) atoms. The first-order chi connectivity index (χ1) is 10.5. The summed E-state index contributed by atoms with van der Waals surface area (Å²) in [5, 5.41) is 15.5. The quantitative estimate of drug-likeness (QED) is 0.785. The number of para-hydroxylation sites is 1. The number of carboxylic acid groups (broad SMARTS) is 1. The number of benzene rings is 1. The third kappa shape index (κ3) is 3.00. The van der Waals surface area contributed by atoms with E-state index >= 15 is 0 Å². The molecule has 1 aromatic carbocycles. The lowest BCUT2D eigenvalue weighted by Crippen LogP contribution is -2.28. The Hall–Kier alpha value is -2.63. The molecule has 1 aliphatic carbocycles. The lowest BCUT2D eigenvalue weighted by molar-refractivity contribution is -0.137. The molecule has 1 amide bonds. The van der Waals surface area contributed by atoms with E-state index in [4.69, 9.17) is 5.11 Å². The Morgan fingerprint density at radius 2 is 2.05 bits per heavy atom. The first-order valence-electron chi connectivity index (χ1n) is 7.24. The van der Waals surface area contributed by atoms with Gasteiger partial charge in [-0.05, 0) is 31.9 Å². The Labute approximate surface area is 127 Å². The first-order valence-corrected chi connectivity index (χ1v) is 7.24. The SMILES string of the molecule is C[C@@H](Nc1cc(C(=O)NC2CC2)c2ccccc2n1)C(=O)O. The van der Waals surface area contributed by atoms with Crippen LogP contribution in [0.3, 0.4) is 0 Å². The van der Waals surface area contributed by atoms with Gasteiger partial charge < -0.3 is 15.7 Å². The average molecular weight is 299 g/mol. The van der Waals surface area contributed by atoms with E-state index in [9.17, 15) is 9.59 Å². The Kier molecular flexibility index (Phi) is 3.66. The minimum Gasteiger partial charge on any atom is -0.480 e. The average Bonchev–Trinajstić information content (AvgIpc) is 3.30. The maximum Gasteiger partial charge on any atom is 0.325 e. The van der Waals surface area contributed by atoms with Gasteiger partial charge in [-0.1, -0.05) is 18.2 Å². The van der Waals surface area contributed by atoms with E-state index in [1.54, 1.807) is 12.1 Å². The number of fused-ring (bicyclic) bond motifs is 1. The molecule has 1 fully saturated rings. The van der Waals surface area contributed by atoms with Gasteiger partial charge in [0.2, 0.25) is 0 Å². The fourth-order valence-corrected chi connectivity index (χ4v) is 2.21. The summed E-state index contributed by atoms with van der Waals surface area (Å²) in [4.78, 5) is 27.7. The summed E-state index contributed by atoms with van der Waals surface area (Å²) in [6, 6.07) is 8.42. The molecular formula is C16H17N3O3. The van der Waals surface area contributed by atoms with E-state index in [-0.39, 0.29) is 11.9 Å². The second-order valence-electron chi connectivity index (χ2n) is 5.52. The molecule has 1 heterocycles. The molecular weight excluding hydrogens is 282 g/mol. The Bertz CT molecular complexity index is 740. The smallest absolute Gasteiger partial charge is 0.325 e. The topological polar surface area (TPSA) is 91.3 Å². The van der Waals surface area contributed by atoms with Crippen LogP contribution < -0.4 is 10.6 Å². The van der Waals surface area contributed by atoms with E-state index in [1.807, 2.05) is 18.2 Å². The summed E-state index contributed by atoms with van der Waals surface area (Å²) in [5.41, 5.74) is 1.17. The number of aliphatic carboxylic acids is 1. The zero-order valence-electron chi connectivity index (χ0n) is 12.2. The van der Waals surface area contributed by atoms with Gasteiger partial charge in [-0.2, -0.15) is 0 Å². The van der Waals surface area contributed by atoms with Crippen LogP contribution in [-0.4, -0.2) is 34.1 Å². The lowest BCUT2D eigenvalue weighted by Gasteiger charge is -2.13. The van der Waals surface area contributed by atoms with Gasteiger partial charge in [0, 0.05) is 11.4 Å². The number of nitrogens with zero attached hydrogens (tertiary/aromatic N) is 1. The Morgan fingerprint density at radius 3 is 2.73 bits per heavy atom. The van der Waals surface area contributed by atoms with E-state index in [2.05, 4.69) is 15.6 Å². The van der Waals surface area contributed by atoms with E-state index in [0.717, 1.165) is 18.2 Å². The Balaban J connectivity index is 1.99. The largest absolute Gasteiger partial charge is 0.480 e. The number of anilines is 1. The van der Waals surface area contributed by atoms with Crippen molar-refractivity contribution in [3.05, 3.63) is 35.9 Å². The number of nitrogens with one attached hydrogen (secondary N) is 2. The van der Waals surface area contributed by atoms with Gasteiger partial charge in [0.05, 0.1) is 11.1 Å². The van der Waals surface area contributed by atoms with Crippen molar-refractivity contribution >= 4 is 28.6 Å². The van der Waals surface area contributed by atoms with Crippen LogP contribution in [0.2, 0.25) is 0 Å². The number of hydrogen-bond donors (Lipinski definition) is 3. The van der Waals surface area contributed by atoms with Crippen LogP contribution in [0.15, 0.2) is 30.3 Å². The van der Waals surface area contributed by atoms with Gasteiger partial charge in [0.1, 0.15) is 11.9 Å². The summed E-state index contributed by atoms with van der Waals surface area (Å²) >= 11 is 0. The van der Waals surface area contributed by atoms with Gasteiger partial charge in [-0.25, -0.2) is 4.98 Å². The van der Waals surface area contributed by atoms with Gasteiger partial charge in [0.15, 0.2) is 0 Å². The molecule has 0 aliphatic heterocycles. The second kappa shape index (κ2) is 5.63. The second-order valence-corrected chi connectivity index (χ2v) is 5.52. The highest BCUT2D eigenvalue weighted by Crippen LogP contribution is 2.24. The predicted octanol–water partition coefficient (Wildman–Crippen LogP) is 2.01.